The SMILES string of the molecule is O=C(CCc1cccc(-c2c[nH]c3ncc(-c4cccnc4)cc23)c1)c1cccn(Cc2ccc(F)c(F)c2)c1=O. The van der Waals surface area contributed by atoms with Crippen LogP contribution in [0.2, 0.25) is 0 Å². The average molecular weight is 547 g/mol. The van der Waals surface area contributed by atoms with Crippen molar-refractivity contribution in [3.63, 3.8) is 0 Å². The number of aryl methyl sites for hydroxylation is 1. The number of aromatic nitrogens is 4. The van der Waals surface area contributed by atoms with Crippen molar-refractivity contribution < 1.29 is 13.6 Å². The van der Waals surface area contributed by atoms with Gasteiger partial charge in [-0.05, 0) is 59.5 Å². The molecule has 6 rings (SSSR count). The number of H-pyrrole nitrogens is 1. The summed E-state index contributed by atoms with van der Waals surface area (Å²) in [7, 11) is 0. The zero-order valence-corrected chi connectivity index (χ0v) is 21.9. The lowest BCUT2D eigenvalue weighted by Crippen LogP contribution is -2.26. The van der Waals surface area contributed by atoms with E-state index in [-0.39, 0.29) is 24.3 Å². The Kier molecular flexibility index (Phi) is 7.04. The normalized spacial score (nSPS) is 11.2. The highest BCUT2D eigenvalue weighted by Crippen LogP contribution is 2.31. The van der Waals surface area contributed by atoms with Crippen LogP contribution in [0.1, 0.15) is 27.9 Å². The minimum absolute atomic E-state index is 0.0289. The highest BCUT2D eigenvalue weighted by atomic mass is 19.2. The molecule has 1 N–H and O–H groups in total. The fourth-order valence-electron chi connectivity index (χ4n) is 4.93. The van der Waals surface area contributed by atoms with Gasteiger partial charge in [-0.2, -0.15) is 0 Å². The van der Waals surface area contributed by atoms with E-state index in [1.54, 1.807) is 18.5 Å². The molecule has 0 bridgehead atoms. The van der Waals surface area contributed by atoms with Gasteiger partial charge in [0.05, 0.1) is 12.1 Å². The number of nitrogens with zero attached hydrogens (tertiary/aromatic N) is 3. The lowest BCUT2D eigenvalue weighted by Gasteiger charge is -2.09. The molecule has 0 saturated carbocycles. The molecular formula is C33H24F2N4O2. The topological polar surface area (TPSA) is 80.6 Å². The van der Waals surface area contributed by atoms with Gasteiger partial charge in [0, 0.05) is 59.5 Å². The van der Waals surface area contributed by atoms with E-state index in [9.17, 15) is 18.4 Å². The number of rotatable bonds is 8. The average Bonchev–Trinajstić information content (AvgIpc) is 3.43. The molecule has 0 saturated heterocycles. The number of aromatic amines is 1. The van der Waals surface area contributed by atoms with Gasteiger partial charge in [0.15, 0.2) is 17.4 Å². The number of carbonyl (C=O) groups excluding carboxylic acids is 1. The Hall–Kier alpha value is -5.24. The molecule has 0 radical (unpaired) electrons. The van der Waals surface area contributed by atoms with E-state index < -0.39 is 17.2 Å². The number of pyridine rings is 3. The third-order valence-corrected chi connectivity index (χ3v) is 7.06. The third-order valence-electron chi connectivity index (χ3n) is 7.06. The van der Waals surface area contributed by atoms with Gasteiger partial charge in [-0.15, -0.1) is 0 Å². The molecule has 0 amide bonds. The fraction of sp³-hybridized carbons (Fsp3) is 0.0909. The van der Waals surface area contributed by atoms with Gasteiger partial charge in [0.2, 0.25) is 0 Å². The summed E-state index contributed by atoms with van der Waals surface area (Å²) in [5, 5.41) is 0.977. The Morgan fingerprint density at radius 3 is 2.56 bits per heavy atom. The van der Waals surface area contributed by atoms with Crippen LogP contribution in [-0.2, 0) is 13.0 Å². The summed E-state index contributed by atoms with van der Waals surface area (Å²) in [5.74, 6) is -2.22. The fourth-order valence-corrected chi connectivity index (χ4v) is 4.93. The molecule has 2 aromatic carbocycles. The summed E-state index contributed by atoms with van der Waals surface area (Å²) in [4.78, 5) is 38.1. The predicted octanol–water partition coefficient (Wildman–Crippen LogP) is 6.60. The monoisotopic (exact) mass is 546 g/mol. The minimum atomic E-state index is -0.983. The maximum Gasteiger partial charge on any atom is 0.261 e. The second kappa shape index (κ2) is 11.1. The first-order valence-corrected chi connectivity index (χ1v) is 13.1. The molecular weight excluding hydrogens is 522 g/mol. The molecule has 0 aliphatic carbocycles. The molecule has 6 nitrogen and oxygen atoms in total. The van der Waals surface area contributed by atoms with Crippen LogP contribution in [0, 0.1) is 11.6 Å². The van der Waals surface area contributed by atoms with Crippen LogP contribution in [0.15, 0.2) is 109 Å². The van der Waals surface area contributed by atoms with Gasteiger partial charge in [-0.25, -0.2) is 13.8 Å². The molecule has 0 spiro atoms. The maximum atomic E-state index is 13.6. The lowest BCUT2D eigenvalue weighted by atomic mass is 9.98. The van der Waals surface area contributed by atoms with Gasteiger partial charge in [-0.1, -0.05) is 36.4 Å². The zero-order valence-electron chi connectivity index (χ0n) is 21.9. The van der Waals surface area contributed by atoms with E-state index in [0.717, 1.165) is 51.0 Å². The van der Waals surface area contributed by atoms with E-state index in [1.807, 2.05) is 48.8 Å². The molecule has 0 fully saturated rings. The Morgan fingerprint density at radius 2 is 1.73 bits per heavy atom. The Labute approximate surface area is 234 Å². The summed E-state index contributed by atoms with van der Waals surface area (Å²) < 4.78 is 28.2. The first-order chi connectivity index (χ1) is 20.0. The summed E-state index contributed by atoms with van der Waals surface area (Å²) >= 11 is 0. The van der Waals surface area contributed by atoms with Gasteiger partial charge >= 0.3 is 0 Å². The molecule has 8 heteroatoms. The van der Waals surface area contributed by atoms with Gasteiger partial charge in [0.1, 0.15) is 5.65 Å². The van der Waals surface area contributed by atoms with Crippen molar-refractivity contribution in [2.45, 2.75) is 19.4 Å². The van der Waals surface area contributed by atoms with Crippen LogP contribution in [0.5, 0.6) is 0 Å². The molecule has 0 aliphatic heterocycles. The van der Waals surface area contributed by atoms with Crippen molar-refractivity contribution in [2.75, 3.05) is 0 Å². The number of Topliss-reactive ketones (excluding diaryl/α,β-unsaturated/α-hetero) is 1. The van der Waals surface area contributed by atoms with Crippen LogP contribution < -0.4 is 5.56 Å². The van der Waals surface area contributed by atoms with Crippen molar-refractivity contribution in [1.82, 2.24) is 19.5 Å². The van der Waals surface area contributed by atoms with Crippen LogP contribution in [0.3, 0.4) is 0 Å². The molecule has 202 valence electrons. The van der Waals surface area contributed by atoms with Gasteiger partial charge in [0.25, 0.3) is 5.56 Å². The molecule has 4 aromatic heterocycles. The molecule has 6 aromatic rings. The van der Waals surface area contributed by atoms with Crippen molar-refractivity contribution in [2.24, 2.45) is 0 Å². The largest absolute Gasteiger partial charge is 0.346 e. The van der Waals surface area contributed by atoms with E-state index in [0.29, 0.717) is 12.0 Å². The van der Waals surface area contributed by atoms with E-state index in [4.69, 9.17) is 0 Å². The number of nitrogens with one attached hydrogen (secondary N) is 1. The van der Waals surface area contributed by atoms with Crippen molar-refractivity contribution in [3.05, 3.63) is 142 Å². The second-order valence-corrected chi connectivity index (χ2v) is 9.79. The van der Waals surface area contributed by atoms with Crippen LogP contribution in [-0.4, -0.2) is 25.3 Å². The molecule has 41 heavy (non-hydrogen) atoms. The molecule has 4 heterocycles. The number of halogens is 2. The number of hydrogen-bond acceptors (Lipinski definition) is 4. The number of fused-ring (bicyclic) bond motifs is 1. The summed E-state index contributed by atoms with van der Waals surface area (Å²) in [6.07, 6.45) is 9.40. The Morgan fingerprint density at radius 1 is 0.854 bits per heavy atom. The van der Waals surface area contributed by atoms with Crippen LogP contribution >= 0.6 is 0 Å². The van der Waals surface area contributed by atoms with Crippen molar-refractivity contribution >= 4 is 16.8 Å². The zero-order chi connectivity index (χ0) is 28.3. The smallest absolute Gasteiger partial charge is 0.261 e. The highest BCUT2D eigenvalue weighted by molar-refractivity contribution is 5.97. The summed E-state index contributed by atoms with van der Waals surface area (Å²) in [6, 6.07) is 20.5. The van der Waals surface area contributed by atoms with Crippen LogP contribution in [0.4, 0.5) is 8.78 Å². The Balaban J connectivity index is 1.20. The van der Waals surface area contributed by atoms with Crippen molar-refractivity contribution in [3.8, 4) is 22.3 Å². The molecule has 0 unspecified atom stereocenters. The first kappa shape index (κ1) is 26.0. The standard InChI is InChI=1S/C33H24F2N4O2/c34-29-10-8-22(15-30(29)35)20-39-13-3-7-26(33(39)41)31(40)11-9-21-4-1-5-23(14-21)28-19-38-32-27(28)16-25(18-37-32)24-6-2-12-36-17-24/h1-8,10,12-19H,9,11,20H2,(H,37,38). The summed E-state index contributed by atoms with van der Waals surface area (Å²) in [5.41, 5.74) is 5.68. The first-order valence-electron chi connectivity index (χ1n) is 13.1. The lowest BCUT2D eigenvalue weighted by molar-refractivity contribution is 0.0980. The summed E-state index contributed by atoms with van der Waals surface area (Å²) in [6.45, 7) is 0.0289. The number of hydrogen-bond donors (Lipinski definition) is 1. The minimum Gasteiger partial charge on any atom is -0.346 e. The third kappa shape index (κ3) is 5.45. The van der Waals surface area contributed by atoms with Crippen LogP contribution in [0.25, 0.3) is 33.3 Å². The number of ketones is 1. The van der Waals surface area contributed by atoms with E-state index in [1.165, 1.54) is 22.9 Å². The van der Waals surface area contributed by atoms with Gasteiger partial charge < -0.3 is 9.55 Å². The number of benzene rings is 2. The van der Waals surface area contributed by atoms with Crippen molar-refractivity contribution in [1.29, 1.82) is 0 Å². The predicted molar refractivity (Wildman–Crippen MR) is 154 cm³/mol. The molecule has 0 atom stereocenters. The number of carbonyl (C=O) groups is 1. The maximum absolute atomic E-state index is 13.6. The second-order valence-electron chi connectivity index (χ2n) is 9.79. The van der Waals surface area contributed by atoms with Gasteiger partial charge in [-0.3, -0.25) is 14.6 Å². The quantitative estimate of drug-likeness (QED) is 0.218. The Bertz CT molecular complexity index is 1950. The van der Waals surface area contributed by atoms with E-state index >= 15 is 0 Å². The van der Waals surface area contributed by atoms with E-state index in [2.05, 4.69) is 21.0 Å². The highest BCUT2D eigenvalue weighted by Gasteiger charge is 2.14. The molecule has 0 aliphatic rings.